The van der Waals surface area contributed by atoms with Crippen LogP contribution in [0, 0.1) is 5.82 Å². The van der Waals surface area contributed by atoms with E-state index in [1.807, 2.05) is 13.8 Å². The van der Waals surface area contributed by atoms with Crippen molar-refractivity contribution in [3.8, 4) is 0 Å². The van der Waals surface area contributed by atoms with E-state index in [4.69, 9.17) is 16.7 Å². The zero-order valence-electron chi connectivity index (χ0n) is 10.5. The van der Waals surface area contributed by atoms with Crippen molar-refractivity contribution < 1.29 is 14.3 Å². The second kappa shape index (κ2) is 6.16. The van der Waals surface area contributed by atoms with Crippen molar-refractivity contribution in [2.24, 2.45) is 0 Å². The summed E-state index contributed by atoms with van der Waals surface area (Å²) in [7, 11) is 0. The summed E-state index contributed by atoms with van der Waals surface area (Å²) in [6, 6.07) is 4.29. The molecule has 5 heteroatoms. The molecular weight excluding hydrogens is 257 g/mol. The number of carbonyl (C=O) groups is 1. The van der Waals surface area contributed by atoms with Crippen molar-refractivity contribution in [3.63, 3.8) is 0 Å². The van der Waals surface area contributed by atoms with E-state index in [0.717, 1.165) is 0 Å². The zero-order valence-corrected chi connectivity index (χ0v) is 11.2. The van der Waals surface area contributed by atoms with Crippen LogP contribution in [0.2, 0.25) is 5.02 Å². The van der Waals surface area contributed by atoms with E-state index in [1.165, 1.54) is 18.2 Å². The van der Waals surface area contributed by atoms with Crippen LogP contribution in [0.25, 0.3) is 0 Å². The van der Waals surface area contributed by atoms with Gasteiger partial charge < -0.3 is 10.4 Å². The van der Waals surface area contributed by atoms with Crippen LogP contribution in [0.15, 0.2) is 18.2 Å². The third-order valence-electron chi connectivity index (χ3n) is 3.06. The summed E-state index contributed by atoms with van der Waals surface area (Å²) in [5.74, 6) is -1.24. The fraction of sp³-hybridized carbons (Fsp3) is 0.462. The predicted molar refractivity (Wildman–Crippen MR) is 69.3 cm³/mol. The van der Waals surface area contributed by atoms with Crippen molar-refractivity contribution in [1.29, 1.82) is 0 Å². The summed E-state index contributed by atoms with van der Waals surface area (Å²) in [4.78, 5) is 12.0. The fourth-order valence-electron chi connectivity index (χ4n) is 1.60. The number of hydrogen-bond donors (Lipinski definition) is 2. The molecule has 1 aromatic carbocycles. The number of carbonyl (C=O) groups excluding carboxylic acids is 1. The van der Waals surface area contributed by atoms with Gasteiger partial charge in [0.2, 0.25) is 0 Å². The number of rotatable bonds is 5. The van der Waals surface area contributed by atoms with E-state index < -0.39 is 17.3 Å². The minimum absolute atomic E-state index is 0.0390. The molecule has 2 N–H and O–H groups in total. The van der Waals surface area contributed by atoms with Crippen LogP contribution in [-0.2, 0) is 0 Å². The highest BCUT2D eigenvalue weighted by molar-refractivity contribution is 6.31. The molecule has 0 radical (unpaired) electrons. The van der Waals surface area contributed by atoms with Gasteiger partial charge in [-0.2, -0.15) is 0 Å². The molecule has 0 fully saturated rings. The van der Waals surface area contributed by atoms with Gasteiger partial charge in [0.05, 0.1) is 10.6 Å². The molecule has 18 heavy (non-hydrogen) atoms. The topological polar surface area (TPSA) is 49.3 Å². The number of aliphatic hydroxyl groups excluding tert-OH is 1. The highest BCUT2D eigenvalue weighted by Gasteiger charge is 2.25. The lowest BCUT2D eigenvalue weighted by Gasteiger charge is -2.29. The number of aliphatic hydroxyl groups is 1. The van der Waals surface area contributed by atoms with Crippen LogP contribution in [0.1, 0.15) is 37.0 Å². The minimum Gasteiger partial charge on any atom is -0.396 e. The molecule has 1 aromatic rings. The van der Waals surface area contributed by atoms with Gasteiger partial charge in [0.15, 0.2) is 5.82 Å². The molecule has 1 atom stereocenters. The molecule has 1 unspecified atom stereocenters. The lowest BCUT2D eigenvalue weighted by molar-refractivity contribution is 0.0882. The maximum atomic E-state index is 13.7. The lowest BCUT2D eigenvalue weighted by atomic mass is 9.94. The third-order valence-corrected chi connectivity index (χ3v) is 3.35. The molecule has 0 aliphatic heterocycles. The normalized spacial score (nSPS) is 14.1. The number of hydrogen-bond acceptors (Lipinski definition) is 2. The predicted octanol–water partition coefficient (Wildman–Crippen LogP) is 2.76. The first-order chi connectivity index (χ1) is 8.43. The second-order valence-corrected chi connectivity index (χ2v) is 4.85. The van der Waals surface area contributed by atoms with E-state index in [2.05, 4.69) is 5.32 Å². The summed E-state index contributed by atoms with van der Waals surface area (Å²) in [6.45, 7) is 3.66. The zero-order chi connectivity index (χ0) is 13.8. The second-order valence-electron chi connectivity index (χ2n) is 4.44. The van der Waals surface area contributed by atoms with Gasteiger partial charge in [0.25, 0.3) is 5.91 Å². The molecule has 1 amide bonds. The molecular formula is C13H17ClFNO2. The van der Waals surface area contributed by atoms with E-state index >= 15 is 0 Å². The molecule has 0 aliphatic carbocycles. The van der Waals surface area contributed by atoms with Gasteiger partial charge in [-0.3, -0.25) is 4.79 Å². The minimum atomic E-state index is -0.723. The Morgan fingerprint density at radius 3 is 2.78 bits per heavy atom. The van der Waals surface area contributed by atoms with Crippen LogP contribution in [0.4, 0.5) is 4.39 Å². The quantitative estimate of drug-likeness (QED) is 0.867. The van der Waals surface area contributed by atoms with Gasteiger partial charge in [-0.25, -0.2) is 4.39 Å². The average molecular weight is 274 g/mol. The van der Waals surface area contributed by atoms with E-state index in [0.29, 0.717) is 12.8 Å². The van der Waals surface area contributed by atoms with Gasteiger partial charge in [-0.1, -0.05) is 24.6 Å². The molecule has 3 nitrogen and oxygen atoms in total. The number of nitrogens with one attached hydrogen (secondary N) is 1. The highest BCUT2D eigenvalue weighted by atomic mass is 35.5. The molecule has 0 saturated carbocycles. The Morgan fingerprint density at radius 2 is 2.22 bits per heavy atom. The van der Waals surface area contributed by atoms with Crippen molar-refractivity contribution in [2.75, 3.05) is 6.61 Å². The van der Waals surface area contributed by atoms with Crippen molar-refractivity contribution in [1.82, 2.24) is 5.32 Å². The molecule has 0 spiro atoms. The fourth-order valence-corrected chi connectivity index (χ4v) is 1.77. The first-order valence-corrected chi connectivity index (χ1v) is 6.18. The van der Waals surface area contributed by atoms with Crippen molar-refractivity contribution >= 4 is 17.5 Å². The van der Waals surface area contributed by atoms with Crippen LogP contribution < -0.4 is 5.32 Å². The Bertz CT molecular complexity index is 439. The average Bonchev–Trinajstić information content (AvgIpc) is 2.32. The Hall–Kier alpha value is -1.13. The van der Waals surface area contributed by atoms with Crippen LogP contribution in [0.5, 0.6) is 0 Å². The van der Waals surface area contributed by atoms with Crippen molar-refractivity contribution in [2.45, 2.75) is 32.2 Å². The summed E-state index contributed by atoms with van der Waals surface area (Å²) < 4.78 is 13.7. The van der Waals surface area contributed by atoms with Gasteiger partial charge in [0.1, 0.15) is 0 Å². The standard InChI is InChI=1S/C13H17ClFNO2/c1-3-13(2,7-8-17)16-12(18)9-5-4-6-10(14)11(9)15/h4-6,17H,3,7-8H2,1-2H3,(H,16,18). The third kappa shape index (κ3) is 3.43. The van der Waals surface area contributed by atoms with Crippen LogP contribution >= 0.6 is 11.6 Å². The molecule has 0 saturated heterocycles. The van der Waals surface area contributed by atoms with Gasteiger partial charge in [-0.05, 0) is 31.9 Å². The Morgan fingerprint density at radius 1 is 1.56 bits per heavy atom. The maximum absolute atomic E-state index is 13.7. The van der Waals surface area contributed by atoms with Crippen molar-refractivity contribution in [3.05, 3.63) is 34.6 Å². The maximum Gasteiger partial charge on any atom is 0.254 e. The van der Waals surface area contributed by atoms with Gasteiger partial charge in [0, 0.05) is 12.1 Å². The lowest BCUT2D eigenvalue weighted by Crippen LogP contribution is -2.46. The molecule has 0 aliphatic rings. The van der Waals surface area contributed by atoms with Crippen LogP contribution in [0.3, 0.4) is 0 Å². The van der Waals surface area contributed by atoms with E-state index in [9.17, 15) is 9.18 Å². The molecule has 0 heterocycles. The first-order valence-electron chi connectivity index (χ1n) is 5.81. The molecule has 1 rings (SSSR count). The highest BCUT2D eigenvalue weighted by Crippen LogP contribution is 2.20. The first kappa shape index (κ1) is 14.9. The summed E-state index contributed by atoms with van der Waals surface area (Å²) in [5.41, 5.74) is -0.638. The molecule has 100 valence electrons. The molecule has 0 aromatic heterocycles. The summed E-state index contributed by atoms with van der Waals surface area (Å²) in [5, 5.41) is 11.6. The Kier molecular flexibility index (Phi) is 5.11. The van der Waals surface area contributed by atoms with E-state index in [-0.39, 0.29) is 17.2 Å². The Balaban J connectivity index is 2.91. The number of amides is 1. The Labute approximate surface area is 111 Å². The summed E-state index contributed by atoms with van der Waals surface area (Å²) >= 11 is 5.63. The smallest absolute Gasteiger partial charge is 0.254 e. The SMILES string of the molecule is CCC(C)(CCO)NC(=O)c1cccc(Cl)c1F. The van der Waals surface area contributed by atoms with Gasteiger partial charge in [-0.15, -0.1) is 0 Å². The number of halogens is 2. The summed E-state index contributed by atoms with van der Waals surface area (Å²) in [6.07, 6.45) is 1.05. The van der Waals surface area contributed by atoms with Gasteiger partial charge >= 0.3 is 0 Å². The monoisotopic (exact) mass is 273 g/mol. The molecule has 0 bridgehead atoms. The largest absolute Gasteiger partial charge is 0.396 e. The van der Waals surface area contributed by atoms with Crippen LogP contribution in [-0.4, -0.2) is 23.2 Å². The van der Waals surface area contributed by atoms with E-state index in [1.54, 1.807) is 0 Å². The number of benzene rings is 1.